The number of sulfonamides is 1. The number of hydrogen-bond acceptors (Lipinski definition) is 7. The van der Waals surface area contributed by atoms with Crippen LogP contribution in [-0.2, 0) is 21.3 Å². The standard InChI is InChI=1S/C24H28N4O3S3/c1-2-31-13-12-28(34(29,30)22-9-6-14-32-22)21-8-5-7-18-15-20(26-23(18)21)24-25-16-19(33-24)17-27-10-3-4-11-27/h5-9,14-16,26H,2-4,10-13,17H2,1H3. The van der Waals surface area contributed by atoms with Gasteiger partial charge in [-0.1, -0.05) is 18.2 Å². The summed E-state index contributed by atoms with van der Waals surface area (Å²) in [5, 5.41) is 3.65. The maximum atomic E-state index is 13.5. The number of aromatic nitrogens is 2. The first-order valence-corrected chi connectivity index (χ1v) is 14.6. The van der Waals surface area contributed by atoms with E-state index in [9.17, 15) is 8.42 Å². The van der Waals surface area contributed by atoms with E-state index in [1.165, 1.54) is 33.4 Å². The third-order valence-electron chi connectivity index (χ3n) is 5.95. The van der Waals surface area contributed by atoms with Crippen molar-refractivity contribution in [2.75, 3.05) is 37.2 Å². The molecule has 1 N–H and O–H groups in total. The van der Waals surface area contributed by atoms with Crippen molar-refractivity contribution < 1.29 is 13.2 Å². The highest BCUT2D eigenvalue weighted by Gasteiger charge is 2.28. The van der Waals surface area contributed by atoms with E-state index in [-0.39, 0.29) is 6.54 Å². The fraction of sp³-hybridized carbons (Fsp3) is 0.375. The van der Waals surface area contributed by atoms with E-state index >= 15 is 0 Å². The second-order valence-electron chi connectivity index (χ2n) is 8.25. The van der Waals surface area contributed by atoms with Crippen molar-refractivity contribution in [1.29, 1.82) is 0 Å². The molecule has 180 valence electrons. The molecule has 0 radical (unpaired) electrons. The number of para-hydroxylation sites is 1. The molecule has 4 aromatic rings. The summed E-state index contributed by atoms with van der Waals surface area (Å²) < 4.78 is 34.3. The van der Waals surface area contributed by atoms with Crippen LogP contribution in [0.1, 0.15) is 24.6 Å². The van der Waals surface area contributed by atoms with Crippen molar-refractivity contribution in [1.82, 2.24) is 14.9 Å². The molecular formula is C24H28N4O3S3. The molecule has 1 saturated heterocycles. The number of thiazole rings is 1. The van der Waals surface area contributed by atoms with Crippen LogP contribution in [0.4, 0.5) is 5.69 Å². The van der Waals surface area contributed by atoms with E-state index in [0.717, 1.165) is 41.2 Å². The van der Waals surface area contributed by atoms with E-state index < -0.39 is 10.0 Å². The lowest BCUT2D eigenvalue weighted by atomic mass is 10.2. The third-order valence-corrected chi connectivity index (χ3v) is 10.1. The Labute approximate surface area is 208 Å². The number of H-pyrrole nitrogens is 1. The normalized spacial score (nSPS) is 14.9. The monoisotopic (exact) mass is 516 g/mol. The molecule has 1 aromatic carbocycles. The molecular weight excluding hydrogens is 488 g/mol. The molecule has 0 spiro atoms. The lowest BCUT2D eigenvalue weighted by Crippen LogP contribution is -2.34. The summed E-state index contributed by atoms with van der Waals surface area (Å²) in [4.78, 5) is 11.8. The Morgan fingerprint density at radius 1 is 1.21 bits per heavy atom. The van der Waals surface area contributed by atoms with Gasteiger partial charge in [-0.3, -0.25) is 9.21 Å². The van der Waals surface area contributed by atoms with Gasteiger partial charge in [0.2, 0.25) is 0 Å². The highest BCUT2D eigenvalue weighted by atomic mass is 32.2. The number of ether oxygens (including phenoxy) is 1. The van der Waals surface area contributed by atoms with Crippen LogP contribution in [0.15, 0.2) is 52.2 Å². The predicted octanol–water partition coefficient (Wildman–Crippen LogP) is 5.18. The van der Waals surface area contributed by atoms with Gasteiger partial charge in [-0.25, -0.2) is 13.4 Å². The minimum absolute atomic E-state index is 0.235. The van der Waals surface area contributed by atoms with Crippen molar-refractivity contribution >= 4 is 49.3 Å². The van der Waals surface area contributed by atoms with Gasteiger partial charge < -0.3 is 9.72 Å². The number of benzene rings is 1. The van der Waals surface area contributed by atoms with Crippen LogP contribution in [0, 0.1) is 0 Å². The average molecular weight is 517 g/mol. The van der Waals surface area contributed by atoms with Gasteiger partial charge >= 0.3 is 0 Å². The molecule has 10 heteroatoms. The Hall–Kier alpha value is -2.24. The Kier molecular flexibility index (Phi) is 7.03. The van der Waals surface area contributed by atoms with Crippen molar-refractivity contribution in [3.8, 4) is 10.7 Å². The van der Waals surface area contributed by atoms with E-state index in [1.807, 2.05) is 31.3 Å². The summed E-state index contributed by atoms with van der Waals surface area (Å²) in [7, 11) is -3.71. The number of rotatable bonds is 10. The van der Waals surface area contributed by atoms with Crippen LogP contribution in [0.25, 0.3) is 21.6 Å². The van der Waals surface area contributed by atoms with Gasteiger partial charge in [0, 0.05) is 29.6 Å². The summed E-state index contributed by atoms with van der Waals surface area (Å²) >= 11 is 2.91. The number of anilines is 1. The molecule has 0 aliphatic carbocycles. The maximum Gasteiger partial charge on any atom is 0.273 e. The summed E-state index contributed by atoms with van der Waals surface area (Å²) in [6.45, 7) is 6.23. The van der Waals surface area contributed by atoms with Crippen LogP contribution in [0.5, 0.6) is 0 Å². The number of fused-ring (bicyclic) bond motifs is 1. The van der Waals surface area contributed by atoms with E-state index in [2.05, 4.69) is 20.9 Å². The number of likely N-dealkylation sites (tertiary alicyclic amines) is 1. The molecule has 1 aliphatic heterocycles. The van der Waals surface area contributed by atoms with Crippen LogP contribution < -0.4 is 4.31 Å². The molecule has 1 aliphatic rings. The molecule has 0 saturated carbocycles. The number of nitrogens with one attached hydrogen (secondary N) is 1. The maximum absolute atomic E-state index is 13.5. The zero-order valence-electron chi connectivity index (χ0n) is 19.1. The highest BCUT2D eigenvalue weighted by Crippen LogP contribution is 2.35. The first kappa shape index (κ1) is 23.5. The van der Waals surface area contributed by atoms with E-state index in [1.54, 1.807) is 28.8 Å². The molecule has 0 atom stereocenters. The smallest absolute Gasteiger partial charge is 0.273 e. The number of nitrogens with zero attached hydrogens (tertiary/aromatic N) is 3. The minimum Gasteiger partial charge on any atom is -0.380 e. The summed E-state index contributed by atoms with van der Waals surface area (Å²) in [6.07, 6.45) is 4.50. The summed E-state index contributed by atoms with van der Waals surface area (Å²) in [5.74, 6) is 0. The van der Waals surface area contributed by atoms with Crippen LogP contribution in [0.3, 0.4) is 0 Å². The van der Waals surface area contributed by atoms with Gasteiger partial charge in [0.1, 0.15) is 9.22 Å². The summed E-state index contributed by atoms with van der Waals surface area (Å²) in [6, 6.07) is 11.2. The lowest BCUT2D eigenvalue weighted by molar-refractivity contribution is 0.156. The molecule has 7 nitrogen and oxygen atoms in total. The Bertz CT molecular complexity index is 1340. The molecule has 3 aromatic heterocycles. The van der Waals surface area contributed by atoms with Gasteiger partial charge in [0.05, 0.1) is 30.0 Å². The Balaban J connectivity index is 1.49. The average Bonchev–Trinajstić information content (AvgIpc) is 3.63. The molecule has 5 rings (SSSR count). The molecule has 4 heterocycles. The second kappa shape index (κ2) is 10.2. The molecule has 1 fully saturated rings. The topological polar surface area (TPSA) is 78.5 Å². The fourth-order valence-corrected chi connectivity index (χ4v) is 7.80. The predicted molar refractivity (Wildman–Crippen MR) is 139 cm³/mol. The van der Waals surface area contributed by atoms with E-state index in [0.29, 0.717) is 23.1 Å². The quantitative estimate of drug-likeness (QED) is 0.294. The fourth-order valence-electron chi connectivity index (χ4n) is 4.31. The largest absolute Gasteiger partial charge is 0.380 e. The zero-order valence-corrected chi connectivity index (χ0v) is 21.5. The highest BCUT2D eigenvalue weighted by molar-refractivity contribution is 7.94. The molecule has 0 amide bonds. The van der Waals surface area contributed by atoms with Crippen LogP contribution in [0.2, 0.25) is 0 Å². The number of thiophene rings is 1. The van der Waals surface area contributed by atoms with Gasteiger partial charge in [0.15, 0.2) is 0 Å². The van der Waals surface area contributed by atoms with Crippen LogP contribution >= 0.6 is 22.7 Å². The first-order valence-electron chi connectivity index (χ1n) is 11.5. The van der Waals surface area contributed by atoms with Crippen molar-refractivity contribution in [2.24, 2.45) is 0 Å². The first-order chi connectivity index (χ1) is 16.6. The van der Waals surface area contributed by atoms with Crippen molar-refractivity contribution in [2.45, 2.75) is 30.5 Å². The van der Waals surface area contributed by atoms with Gasteiger partial charge in [0.25, 0.3) is 10.0 Å². The van der Waals surface area contributed by atoms with Crippen molar-refractivity contribution in [3.05, 3.63) is 52.9 Å². The van der Waals surface area contributed by atoms with Crippen LogP contribution in [-0.4, -0.2) is 56.1 Å². The lowest BCUT2D eigenvalue weighted by Gasteiger charge is -2.24. The summed E-state index contributed by atoms with van der Waals surface area (Å²) in [5.41, 5.74) is 2.30. The van der Waals surface area contributed by atoms with Gasteiger partial charge in [-0.15, -0.1) is 22.7 Å². The SMILES string of the molecule is CCOCCN(c1cccc2cc(-c3ncc(CN4CCCC4)s3)[nH]c12)S(=O)(=O)c1cccs1. The van der Waals surface area contributed by atoms with Crippen molar-refractivity contribution in [3.63, 3.8) is 0 Å². The molecule has 0 unspecified atom stereocenters. The van der Waals surface area contributed by atoms with Gasteiger partial charge in [-0.2, -0.15) is 0 Å². The van der Waals surface area contributed by atoms with E-state index in [4.69, 9.17) is 4.74 Å². The number of hydrogen-bond donors (Lipinski definition) is 1. The van der Waals surface area contributed by atoms with Gasteiger partial charge in [-0.05, 0) is 56.4 Å². The minimum atomic E-state index is -3.71. The third kappa shape index (κ3) is 4.78. The molecule has 0 bridgehead atoms. The number of aromatic amines is 1. The second-order valence-corrected chi connectivity index (χ2v) is 12.4. The Morgan fingerprint density at radius 3 is 2.82 bits per heavy atom. The Morgan fingerprint density at radius 2 is 2.06 bits per heavy atom. The zero-order chi connectivity index (χ0) is 23.5. The molecule has 34 heavy (non-hydrogen) atoms.